The molecule has 25 heavy (non-hydrogen) atoms. The molecule has 1 aromatic heterocycles. The summed E-state index contributed by atoms with van der Waals surface area (Å²) in [5.41, 5.74) is 1.48. The third-order valence-corrected chi connectivity index (χ3v) is 4.62. The second kappa shape index (κ2) is 7.07. The smallest absolute Gasteiger partial charge is 0.228 e. The standard InChI is InChI=1S/C20H18O4S/c1-13-5-4-6-16(11-13)24-20-18(21)12-14(2)23-19(20)15-7-9-17(10-8-15)25(3)22/h4-12H,1-3H3. The molecule has 3 aromatic rings. The quantitative estimate of drug-likeness (QED) is 0.694. The molecule has 3 rings (SSSR count). The highest BCUT2D eigenvalue weighted by Crippen LogP contribution is 2.32. The summed E-state index contributed by atoms with van der Waals surface area (Å²) in [7, 11) is -1.07. The lowest BCUT2D eigenvalue weighted by molar-refractivity contribution is 0.438. The van der Waals surface area contributed by atoms with Crippen molar-refractivity contribution in [2.75, 3.05) is 6.26 Å². The van der Waals surface area contributed by atoms with Crippen LogP contribution in [-0.4, -0.2) is 10.5 Å². The predicted octanol–water partition coefficient (Wildman–Crippen LogP) is 4.45. The van der Waals surface area contributed by atoms with Crippen LogP contribution >= 0.6 is 0 Å². The molecule has 4 nitrogen and oxygen atoms in total. The van der Waals surface area contributed by atoms with Crippen molar-refractivity contribution in [2.45, 2.75) is 18.7 Å². The first kappa shape index (κ1) is 17.2. The Morgan fingerprint density at radius 3 is 2.36 bits per heavy atom. The van der Waals surface area contributed by atoms with E-state index in [-0.39, 0.29) is 11.2 Å². The molecule has 0 bridgehead atoms. The zero-order valence-electron chi connectivity index (χ0n) is 14.2. The molecular weight excluding hydrogens is 336 g/mol. The van der Waals surface area contributed by atoms with Gasteiger partial charge in [-0.3, -0.25) is 9.00 Å². The van der Waals surface area contributed by atoms with E-state index in [9.17, 15) is 9.00 Å². The van der Waals surface area contributed by atoms with Crippen LogP contribution in [0.5, 0.6) is 11.5 Å². The molecule has 0 radical (unpaired) electrons. The summed E-state index contributed by atoms with van der Waals surface area (Å²) in [6.07, 6.45) is 1.62. The van der Waals surface area contributed by atoms with Gasteiger partial charge in [0.15, 0.2) is 5.76 Å². The van der Waals surface area contributed by atoms with Gasteiger partial charge < -0.3 is 9.15 Å². The van der Waals surface area contributed by atoms with Crippen LogP contribution in [0.4, 0.5) is 0 Å². The summed E-state index contributed by atoms with van der Waals surface area (Å²) in [5.74, 6) is 1.57. The Balaban J connectivity index is 2.09. The molecule has 2 aromatic carbocycles. The summed E-state index contributed by atoms with van der Waals surface area (Å²) >= 11 is 0. The monoisotopic (exact) mass is 354 g/mol. The first-order valence-corrected chi connectivity index (χ1v) is 9.33. The molecule has 0 N–H and O–H groups in total. The van der Waals surface area contributed by atoms with Gasteiger partial charge in [0, 0.05) is 33.6 Å². The molecule has 0 saturated heterocycles. The van der Waals surface area contributed by atoms with Crippen LogP contribution < -0.4 is 10.2 Å². The van der Waals surface area contributed by atoms with E-state index in [0.29, 0.717) is 27.7 Å². The van der Waals surface area contributed by atoms with E-state index in [1.165, 1.54) is 6.07 Å². The third-order valence-electron chi connectivity index (χ3n) is 3.69. The Labute approximate surface area is 148 Å². The van der Waals surface area contributed by atoms with Gasteiger partial charge in [-0.15, -0.1) is 0 Å². The van der Waals surface area contributed by atoms with Crippen LogP contribution in [0.25, 0.3) is 11.3 Å². The fourth-order valence-electron chi connectivity index (χ4n) is 2.48. The second-order valence-electron chi connectivity index (χ2n) is 5.78. The van der Waals surface area contributed by atoms with E-state index in [0.717, 1.165) is 5.56 Å². The van der Waals surface area contributed by atoms with Crippen molar-refractivity contribution in [3.05, 3.63) is 76.1 Å². The van der Waals surface area contributed by atoms with E-state index in [2.05, 4.69) is 0 Å². The Morgan fingerprint density at radius 2 is 1.72 bits per heavy atom. The van der Waals surface area contributed by atoms with Gasteiger partial charge in [0.2, 0.25) is 11.2 Å². The van der Waals surface area contributed by atoms with E-state index < -0.39 is 10.8 Å². The second-order valence-corrected chi connectivity index (χ2v) is 7.16. The van der Waals surface area contributed by atoms with E-state index in [1.807, 2.05) is 25.1 Å². The maximum atomic E-state index is 12.5. The van der Waals surface area contributed by atoms with Gasteiger partial charge in [-0.1, -0.05) is 12.1 Å². The maximum absolute atomic E-state index is 12.5. The van der Waals surface area contributed by atoms with Gasteiger partial charge in [0.1, 0.15) is 11.5 Å². The zero-order chi connectivity index (χ0) is 18.0. The molecule has 0 aliphatic rings. The molecule has 0 aliphatic heterocycles. The predicted molar refractivity (Wildman–Crippen MR) is 98.7 cm³/mol. The minimum absolute atomic E-state index is 0.140. The summed E-state index contributed by atoms with van der Waals surface area (Å²) < 4.78 is 23.2. The molecule has 0 saturated carbocycles. The van der Waals surface area contributed by atoms with Crippen LogP contribution in [-0.2, 0) is 10.8 Å². The number of aryl methyl sites for hydroxylation is 2. The van der Waals surface area contributed by atoms with Crippen molar-refractivity contribution in [3.8, 4) is 22.8 Å². The lowest BCUT2D eigenvalue weighted by Crippen LogP contribution is -2.06. The molecular formula is C20H18O4S. The van der Waals surface area contributed by atoms with Crippen LogP contribution in [0.3, 0.4) is 0 Å². The number of rotatable bonds is 4. The molecule has 0 aliphatic carbocycles. The van der Waals surface area contributed by atoms with Gasteiger partial charge in [-0.25, -0.2) is 0 Å². The Kier molecular flexibility index (Phi) is 4.86. The minimum atomic E-state index is -1.07. The lowest BCUT2D eigenvalue weighted by atomic mass is 10.1. The van der Waals surface area contributed by atoms with Crippen molar-refractivity contribution in [2.24, 2.45) is 0 Å². The summed E-state index contributed by atoms with van der Waals surface area (Å²) in [5, 5.41) is 0. The van der Waals surface area contributed by atoms with E-state index in [4.69, 9.17) is 9.15 Å². The average molecular weight is 354 g/mol. The van der Waals surface area contributed by atoms with Gasteiger partial charge in [-0.2, -0.15) is 0 Å². The van der Waals surface area contributed by atoms with Crippen molar-refractivity contribution in [1.82, 2.24) is 0 Å². The van der Waals surface area contributed by atoms with E-state index >= 15 is 0 Å². The van der Waals surface area contributed by atoms with Crippen LogP contribution in [0, 0.1) is 13.8 Å². The molecule has 1 unspecified atom stereocenters. The highest BCUT2D eigenvalue weighted by atomic mass is 32.2. The van der Waals surface area contributed by atoms with Crippen LogP contribution in [0.15, 0.2) is 68.7 Å². The number of ether oxygens (including phenoxy) is 1. The van der Waals surface area contributed by atoms with Gasteiger partial charge in [0.25, 0.3) is 0 Å². The van der Waals surface area contributed by atoms with Crippen molar-refractivity contribution in [3.63, 3.8) is 0 Å². The van der Waals surface area contributed by atoms with Crippen LogP contribution in [0.1, 0.15) is 11.3 Å². The highest BCUT2D eigenvalue weighted by molar-refractivity contribution is 7.84. The fraction of sp³-hybridized carbons (Fsp3) is 0.150. The molecule has 0 spiro atoms. The summed E-state index contributed by atoms with van der Waals surface area (Å²) in [6.45, 7) is 3.67. The zero-order valence-corrected chi connectivity index (χ0v) is 15.1. The normalized spacial score (nSPS) is 12.0. The molecule has 128 valence electrons. The number of hydrogen-bond acceptors (Lipinski definition) is 4. The van der Waals surface area contributed by atoms with Gasteiger partial charge in [0.05, 0.1) is 0 Å². The first-order valence-electron chi connectivity index (χ1n) is 7.77. The molecule has 1 atom stereocenters. The van der Waals surface area contributed by atoms with E-state index in [1.54, 1.807) is 43.5 Å². The number of hydrogen-bond donors (Lipinski definition) is 0. The fourth-order valence-corrected chi connectivity index (χ4v) is 3.00. The van der Waals surface area contributed by atoms with Crippen molar-refractivity contribution < 1.29 is 13.4 Å². The average Bonchev–Trinajstić information content (AvgIpc) is 2.57. The summed E-state index contributed by atoms with van der Waals surface area (Å²) in [6, 6.07) is 15.9. The highest BCUT2D eigenvalue weighted by Gasteiger charge is 2.16. The van der Waals surface area contributed by atoms with Gasteiger partial charge in [-0.05, 0) is 55.8 Å². The largest absolute Gasteiger partial charge is 0.457 e. The minimum Gasteiger partial charge on any atom is -0.457 e. The van der Waals surface area contributed by atoms with Gasteiger partial charge >= 0.3 is 0 Å². The Hall–Kier alpha value is -2.66. The molecule has 1 heterocycles. The Bertz CT molecular complexity index is 987. The topological polar surface area (TPSA) is 56.5 Å². The Morgan fingerprint density at radius 1 is 1.00 bits per heavy atom. The number of benzene rings is 2. The molecule has 5 heteroatoms. The maximum Gasteiger partial charge on any atom is 0.228 e. The summed E-state index contributed by atoms with van der Waals surface area (Å²) in [4.78, 5) is 13.2. The molecule has 0 fully saturated rings. The van der Waals surface area contributed by atoms with Crippen molar-refractivity contribution >= 4 is 10.8 Å². The third kappa shape index (κ3) is 3.88. The SMILES string of the molecule is Cc1cccc(Oc2c(-c3ccc(S(C)=O)cc3)oc(C)cc2=O)c1. The lowest BCUT2D eigenvalue weighted by Gasteiger charge is -2.11. The first-order chi connectivity index (χ1) is 11.9. The molecule has 0 amide bonds. The van der Waals surface area contributed by atoms with Crippen LogP contribution in [0.2, 0.25) is 0 Å². The van der Waals surface area contributed by atoms with Crippen molar-refractivity contribution in [1.29, 1.82) is 0 Å².